The largest absolute Gasteiger partial charge is 0.480 e. The first kappa shape index (κ1) is 13.4. The van der Waals surface area contributed by atoms with E-state index < -0.39 is 23.7 Å². The van der Waals surface area contributed by atoms with E-state index >= 15 is 0 Å². The molecule has 17 heavy (non-hydrogen) atoms. The van der Waals surface area contributed by atoms with Gasteiger partial charge in [0.15, 0.2) is 0 Å². The highest BCUT2D eigenvalue weighted by molar-refractivity contribution is 5.81. The molecule has 0 aliphatic carbocycles. The number of carboxylic acid groups (broad SMARTS) is 1. The van der Waals surface area contributed by atoms with Gasteiger partial charge in [0.05, 0.1) is 0 Å². The Labute approximate surface area is 101 Å². The lowest BCUT2D eigenvalue weighted by molar-refractivity contribution is -0.142. The maximum Gasteiger partial charge on any atom is 0.411 e. The summed E-state index contributed by atoms with van der Waals surface area (Å²) in [6, 6.07) is -0.883. The van der Waals surface area contributed by atoms with E-state index in [9.17, 15) is 9.59 Å². The van der Waals surface area contributed by atoms with Crippen LogP contribution in [0.5, 0.6) is 0 Å². The number of amides is 1. The van der Waals surface area contributed by atoms with Crippen LogP contribution in [-0.4, -0.2) is 40.3 Å². The van der Waals surface area contributed by atoms with E-state index in [2.05, 4.69) is 5.92 Å². The average Bonchev–Trinajstić information content (AvgIpc) is 2.58. The van der Waals surface area contributed by atoms with E-state index in [1.807, 2.05) is 0 Å². The predicted octanol–water partition coefficient (Wildman–Crippen LogP) is 1.33. The second kappa shape index (κ2) is 4.66. The van der Waals surface area contributed by atoms with Gasteiger partial charge in [-0.05, 0) is 27.2 Å². The van der Waals surface area contributed by atoms with Crippen molar-refractivity contribution in [2.24, 2.45) is 5.92 Å². The normalized spacial score (nSPS) is 24.2. The van der Waals surface area contributed by atoms with Gasteiger partial charge in [0.2, 0.25) is 0 Å². The first-order valence-electron chi connectivity index (χ1n) is 5.43. The van der Waals surface area contributed by atoms with Crippen LogP contribution < -0.4 is 0 Å². The molecule has 0 spiro atoms. The summed E-state index contributed by atoms with van der Waals surface area (Å²) in [7, 11) is 0. The van der Waals surface area contributed by atoms with E-state index in [0.717, 1.165) is 0 Å². The van der Waals surface area contributed by atoms with Crippen molar-refractivity contribution in [3.8, 4) is 12.3 Å². The Morgan fingerprint density at radius 3 is 2.47 bits per heavy atom. The van der Waals surface area contributed by atoms with Crippen molar-refractivity contribution in [2.75, 3.05) is 6.54 Å². The molecule has 0 radical (unpaired) electrons. The molecule has 0 bridgehead atoms. The van der Waals surface area contributed by atoms with Gasteiger partial charge >= 0.3 is 12.1 Å². The summed E-state index contributed by atoms with van der Waals surface area (Å²) in [5, 5.41) is 9.03. The Kier molecular flexibility index (Phi) is 3.66. The minimum Gasteiger partial charge on any atom is -0.480 e. The summed E-state index contributed by atoms with van der Waals surface area (Å²) < 4.78 is 5.15. The van der Waals surface area contributed by atoms with Crippen molar-refractivity contribution >= 4 is 12.1 Å². The average molecular weight is 239 g/mol. The molecular weight excluding hydrogens is 222 g/mol. The zero-order valence-electron chi connectivity index (χ0n) is 10.3. The molecule has 1 N–H and O–H groups in total. The van der Waals surface area contributed by atoms with E-state index in [1.165, 1.54) is 4.90 Å². The van der Waals surface area contributed by atoms with Gasteiger partial charge in [-0.2, -0.15) is 0 Å². The zero-order chi connectivity index (χ0) is 13.2. The number of hydrogen-bond acceptors (Lipinski definition) is 3. The standard InChI is InChI=1S/C12H17NO4/c1-5-8-6-9(10(14)15)13(7-8)11(16)17-12(2,3)4/h1,8-9H,6-7H2,2-4H3,(H,14,15)/t8-,9-/m1/s1. The third-order valence-electron chi connectivity index (χ3n) is 2.45. The highest BCUT2D eigenvalue weighted by atomic mass is 16.6. The van der Waals surface area contributed by atoms with Crippen LogP contribution in [0.25, 0.3) is 0 Å². The lowest BCUT2D eigenvalue weighted by Crippen LogP contribution is -2.43. The number of hydrogen-bond donors (Lipinski definition) is 1. The topological polar surface area (TPSA) is 66.8 Å². The van der Waals surface area contributed by atoms with Crippen LogP contribution in [0, 0.1) is 18.3 Å². The van der Waals surface area contributed by atoms with Gasteiger partial charge in [-0.25, -0.2) is 9.59 Å². The van der Waals surface area contributed by atoms with E-state index in [1.54, 1.807) is 20.8 Å². The summed E-state index contributed by atoms with van der Waals surface area (Å²) >= 11 is 0. The van der Waals surface area contributed by atoms with Crippen molar-refractivity contribution in [2.45, 2.75) is 38.8 Å². The van der Waals surface area contributed by atoms with Gasteiger partial charge in [0.1, 0.15) is 11.6 Å². The van der Waals surface area contributed by atoms with Gasteiger partial charge in [0, 0.05) is 12.5 Å². The van der Waals surface area contributed by atoms with Crippen LogP contribution >= 0.6 is 0 Å². The van der Waals surface area contributed by atoms with E-state index in [0.29, 0.717) is 0 Å². The third-order valence-corrected chi connectivity index (χ3v) is 2.45. The van der Waals surface area contributed by atoms with Crippen molar-refractivity contribution in [3.63, 3.8) is 0 Å². The third kappa shape index (κ3) is 3.38. The molecule has 2 atom stereocenters. The molecule has 0 saturated carbocycles. The molecule has 94 valence electrons. The molecule has 1 rings (SSSR count). The first-order valence-corrected chi connectivity index (χ1v) is 5.43. The molecule has 1 aliphatic rings. The van der Waals surface area contributed by atoms with Crippen molar-refractivity contribution < 1.29 is 19.4 Å². The van der Waals surface area contributed by atoms with Crippen molar-refractivity contribution in [1.29, 1.82) is 0 Å². The fourth-order valence-electron chi connectivity index (χ4n) is 1.71. The predicted molar refractivity (Wildman–Crippen MR) is 61.3 cm³/mol. The van der Waals surface area contributed by atoms with Gasteiger partial charge in [-0.3, -0.25) is 4.90 Å². The summed E-state index contributed by atoms with van der Waals surface area (Å²) in [5.41, 5.74) is -0.644. The van der Waals surface area contributed by atoms with Gasteiger partial charge in [-0.15, -0.1) is 12.3 Å². The van der Waals surface area contributed by atoms with E-state index in [-0.39, 0.29) is 18.9 Å². The van der Waals surface area contributed by atoms with Gasteiger partial charge < -0.3 is 9.84 Å². The number of carbonyl (C=O) groups excluding carboxylic acids is 1. The molecule has 5 nitrogen and oxygen atoms in total. The monoisotopic (exact) mass is 239 g/mol. The minimum absolute atomic E-state index is 0.219. The van der Waals surface area contributed by atoms with Crippen LogP contribution in [0.1, 0.15) is 27.2 Å². The molecule has 5 heteroatoms. The number of ether oxygens (including phenoxy) is 1. The highest BCUT2D eigenvalue weighted by Gasteiger charge is 2.40. The quantitative estimate of drug-likeness (QED) is 0.701. The molecule has 0 aromatic heterocycles. The molecule has 0 aromatic carbocycles. The smallest absolute Gasteiger partial charge is 0.411 e. The van der Waals surface area contributed by atoms with Crippen LogP contribution in [0.3, 0.4) is 0 Å². The molecule has 1 heterocycles. The zero-order valence-corrected chi connectivity index (χ0v) is 10.3. The van der Waals surface area contributed by atoms with Gasteiger partial charge in [0.25, 0.3) is 0 Å². The molecule has 1 saturated heterocycles. The molecular formula is C12H17NO4. The Hall–Kier alpha value is -1.70. The summed E-state index contributed by atoms with van der Waals surface area (Å²) in [4.78, 5) is 24.0. The Morgan fingerprint density at radius 2 is 2.06 bits per heavy atom. The van der Waals surface area contributed by atoms with Crippen molar-refractivity contribution in [3.05, 3.63) is 0 Å². The van der Waals surface area contributed by atoms with E-state index in [4.69, 9.17) is 16.3 Å². The summed E-state index contributed by atoms with van der Waals surface area (Å²) in [5.74, 6) is 1.22. The Bertz CT molecular complexity index is 364. The number of nitrogens with zero attached hydrogens (tertiary/aromatic N) is 1. The number of likely N-dealkylation sites (tertiary alicyclic amines) is 1. The summed E-state index contributed by atoms with van der Waals surface area (Å²) in [6.45, 7) is 5.43. The van der Waals surface area contributed by atoms with Crippen LogP contribution in [0.4, 0.5) is 4.79 Å². The Morgan fingerprint density at radius 1 is 1.47 bits per heavy atom. The number of carboxylic acids is 1. The number of terminal acetylenes is 1. The number of aliphatic carboxylic acids is 1. The molecule has 1 fully saturated rings. The molecule has 1 aliphatic heterocycles. The van der Waals surface area contributed by atoms with Gasteiger partial charge in [-0.1, -0.05) is 0 Å². The Balaban J connectivity index is 2.78. The lowest BCUT2D eigenvalue weighted by Gasteiger charge is -2.26. The second-order valence-corrected chi connectivity index (χ2v) is 5.09. The number of carbonyl (C=O) groups is 2. The van der Waals surface area contributed by atoms with Crippen LogP contribution in [0.15, 0.2) is 0 Å². The van der Waals surface area contributed by atoms with Crippen molar-refractivity contribution in [1.82, 2.24) is 4.90 Å². The lowest BCUT2D eigenvalue weighted by atomic mass is 10.1. The summed E-state index contributed by atoms with van der Waals surface area (Å²) in [6.07, 6.45) is 4.92. The number of rotatable bonds is 1. The first-order chi connectivity index (χ1) is 7.74. The maximum atomic E-state index is 11.8. The molecule has 0 aromatic rings. The van der Waals surface area contributed by atoms with Crippen LogP contribution in [-0.2, 0) is 9.53 Å². The second-order valence-electron chi connectivity index (χ2n) is 5.09. The fraction of sp³-hybridized carbons (Fsp3) is 0.667. The fourth-order valence-corrected chi connectivity index (χ4v) is 1.71. The molecule has 0 unspecified atom stereocenters. The SMILES string of the molecule is C#C[C@@H]1C[C@H](C(=O)O)N(C(=O)OC(C)(C)C)C1. The van der Waals surface area contributed by atoms with Crippen LogP contribution in [0.2, 0.25) is 0 Å². The maximum absolute atomic E-state index is 11.8. The minimum atomic E-state index is -1.05. The molecule has 1 amide bonds. The highest BCUT2D eigenvalue weighted by Crippen LogP contribution is 2.25.